The fourth-order valence-electron chi connectivity index (χ4n) is 6.00. The summed E-state index contributed by atoms with van der Waals surface area (Å²) in [5.74, 6) is -5.82. The summed E-state index contributed by atoms with van der Waals surface area (Å²) in [4.78, 5) is 24.2. The first kappa shape index (κ1) is 32.2. The number of hydrogen-bond donors (Lipinski definition) is 2. The Labute approximate surface area is 262 Å². The number of alkyl halides is 5. The Morgan fingerprint density at radius 1 is 1.11 bits per heavy atom. The number of nitrogens with zero attached hydrogens (tertiary/aromatic N) is 7. The fourth-order valence-corrected chi connectivity index (χ4v) is 6.00. The zero-order chi connectivity index (χ0) is 34.0. The standard InChI is InChI=1S/C29H28F7N9O2/c1-12-18(29(34,35)36)15(8-16(37)19(12)30)22-20(31)23-17-25(43-27(42-23)47-10-14-9-28(32,33)11-44(14)3)45(6-7-46-26(17)41-22)13(2)21-24(38)40-5-4-39-21/h4-5,8,13-14H,6-7,9-11,37H2,1-3H3,(H2,38,40)/t13-,14+/m1/s1. The summed E-state index contributed by atoms with van der Waals surface area (Å²) >= 11 is 0. The SMILES string of the molecule is Cc1c(F)c(N)cc(-c2nc3c4c(nc(OC[C@@H]5CC(F)(F)CN5C)nc4c2F)N([C@H](C)c2nccnc2N)CCO3)c1C(F)(F)F. The summed E-state index contributed by atoms with van der Waals surface area (Å²) in [6.45, 7) is 1.75. The van der Waals surface area contributed by atoms with E-state index in [1.54, 1.807) is 11.8 Å². The molecule has 0 spiro atoms. The van der Waals surface area contributed by atoms with Crippen molar-refractivity contribution in [2.45, 2.75) is 44.5 Å². The predicted molar refractivity (Wildman–Crippen MR) is 156 cm³/mol. The molecule has 3 aromatic heterocycles. The molecule has 250 valence electrons. The molecule has 47 heavy (non-hydrogen) atoms. The normalized spacial score (nSPS) is 18.7. The first-order valence-electron chi connectivity index (χ1n) is 14.3. The molecule has 1 aromatic carbocycles. The van der Waals surface area contributed by atoms with E-state index in [-0.39, 0.29) is 42.7 Å². The van der Waals surface area contributed by atoms with Crippen molar-refractivity contribution >= 4 is 28.2 Å². The van der Waals surface area contributed by atoms with E-state index in [2.05, 4.69) is 24.9 Å². The van der Waals surface area contributed by atoms with Crippen molar-refractivity contribution in [2.75, 3.05) is 49.7 Å². The van der Waals surface area contributed by atoms with Crippen LogP contribution in [0, 0.1) is 18.6 Å². The third-order valence-corrected chi connectivity index (χ3v) is 8.28. The molecule has 0 radical (unpaired) electrons. The highest BCUT2D eigenvalue weighted by Crippen LogP contribution is 2.46. The van der Waals surface area contributed by atoms with Crippen LogP contribution in [-0.4, -0.2) is 75.1 Å². The van der Waals surface area contributed by atoms with E-state index >= 15 is 4.39 Å². The lowest BCUT2D eigenvalue weighted by Crippen LogP contribution is -2.33. The first-order valence-corrected chi connectivity index (χ1v) is 14.3. The molecule has 0 saturated carbocycles. The highest BCUT2D eigenvalue weighted by Gasteiger charge is 2.44. The van der Waals surface area contributed by atoms with Crippen molar-refractivity contribution in [1.82, 2.24) is 29.8 Å². The van der Waals surface area contributed by atoms with E-state index in [1.165, 1.54) is 24.3 Å². The van der Waals surface area contributed by atoms with Gasteiger partial charge in [-0.3, -0.25) is 9.88 Å². The van der Waals surface area contributed by atoms with Gasteiger partial charge in [0, 0.05) is 30.4 Å². The Hall–Kier alpha value is -4.74. The van der Waals surface area contributed by atoms with Gasteiger partial charge in [0.05, 0.1) is 30.4 Å². The number of aromatic nitrogens is 5. The van der Waals surface area contributed by atoms with E-state index in [0.717, 1.165) is 6.92 Å². The zero-order valence-corrected chi connectivity index (χ0v) is 25.2. The maximum atomic E-state index is 16.6. The largest absolute Gasteiger partial charge is 0.475 e. The molecule has 4 aromatic rings. The third kappa shape index (κ3) is 5.74. The molecule has 5 heterocycles. The Morgan fingerprint density at radius 2 is 1.83 bits per heavy atom. The highest BCUT2D eigenvalue weighted by molar-refractivity contribution is 5.97. The number of nitrogens with two attached hydrogens (primary N) is 2. The number of nitrogen functional groups attached to an aromatic ring is 2. The second kappa shape index (κ2) is 11.5. The van der Waals surface area contributed by atoms with Crippen molar-refractivity contribution in [3.63, 3.8) is 0 Å². The van der Waals surface area contributed by atoms with Gasteiger partial charge in [-0.05, 0) is 32.5 Å². The summed E-state index contributed by atoms with van der Waals surface area (Å²) in [5, 5.41) is -0.115. The third-order valence-electron chi connectivity index (χ3n) is 8.28. The number of ether oxygens (including phenoxy) is 2. The van der Waals surface area contributed by atoms with Crippen LogP contribution in [0.4, 0.5) is 48.1 Å². The number of likely N-dealkylation sites (N-methyl/N-ethyl adjacent to an activating group) is 1. The number of hydrogen-bond acceptors (Lipinski definition) is 11. The van der Waals surface area contributed by atoms with Gasteiger partial charge in [-0.1, -0.05) is 0 Å². The molecule has 1 saturated heterocycles. The van der Waals surface area contributed by atoms with Gasteiger partial charge in [0.15, 0.2) is 5.82 Å². The lowest BCUT2D eigenvalue weighted by atomic mass is 9.96. The number of rotatable bonds is 6. The van der Waals surface area contributed by atoms with Gasteiger partial charge in [0.25, 0.3) is 5.92 Å². The molecule has 0 aliphatic carbocycles. The summed E-state index contributed by atoms with van der Waals surface area (Å²) in [7, 11) is 1.49. The molecule has 1 fully saturated rings. The fraction of sp³-hybridized carbons (Fsp3) is 0.414. The van der Waals surface area contributed by atoms with Crippen LogP contribution in [0.5, 0.6) is 11.9 Å². The number of likely N-dealkylation sites (tertiary alicyclic amines) is 1. The number of anilines is 3. The second-order valence-corrected chi connectivity index (χ2v) is 11.4. The van der Waals surface area contributed by atoms with E-state index < -0.39 is 88.4 Å². The van der Waals surface area contributed by atoms with Gasteiger partial charge in [0.1, 0.15) is 53.0 Å². The van der Waals surface area contributed by atoms with Gasteiger partial charge in [0.2, 0.25) is 5.88 Å². The van der Waals surface area contributed by atoms with Crippen molar-refractivity contribution in [2.24, 2.45) is 0 Å². The monoisotopic (exact) mass is 667 g/mol. The molecule has 11 nitrogen and oxygen atoms in total. The Balaban J connectivity index is 1.57. The molecular formula is C29H28F7N9O2. The van der Waals surface area contributed by atoms with E-state index in [1.807, 2.05) is 0 Å². The molecule has 2 aliphatic heterocycles. The van der Waals surface area contributed by atoms with E-state index in [0.29, 0.717) is 11.8 Å². The summed E-state index contributed by atoms with van der Waals surface area (Å²) in [6, 6.07) is -1.21. The molecule has 2 atom stereocenters. The Bertz CT molecular complexity index is 1880. The molecule has 4 N–H and O–H groups in total. The molecule has 6 rings (SSSR count). The smallest absolute Gasteiger partial charge is 0.417 e. The maximum Gasteiger partial charge on any atom is 0.417 e. The summed E-state index contributed by atoms with van der Waals surface area (Å²) in [5.41, 5.74) is 6.84. The summed E-state index contributed by atoms with van der Waals surface area (Å²) in [6.07, 6.45) is -2.82. The molecule has 0 amide bonds. The van der Waals surface area contributed by atoms with Crippen LogP contribution in [0.2, 0.25) is 0 Å². The number of halogens is 7. The quantitative estimate of drug-likeness (QED) is 0.214. The highest BCUT2D eigenvalue weighted by atomic mass is 19.4. The van der Waals surface area contributed by atoms with Gasteiger partial charge >= 0.3 is 12.2 Å². The number of pyridine rings is 1. The van der Waals surface area contributed by atoms with Crippen LogP contribution in [0.15, 0.2) is 18.5 Å². The van der Waals surface area contributed by atoms with Gasteiger partial charge in [-0.2, -0.15) is 23.1 Å². The topological polar surface area (TPSA) is 141 Å². The first-order chi connectivity index (χ1) is 22.1. The van der Waals surface area contributed by atoms with Crippen molar-refractivity contribution < 1.29 is 40.2 Å². The average molecular weight is 668 g/mol. The van der Waals surface area contributed by atoms with Crippen LogP contribution in [0.3, 0.4) is 0 Å². The van der Waals surface area contributed by atoms with Gasteiger partial charge in [-0.25, -0.2) is 27.5 Å². The maximum absolute atomic E-state index is 16.6. The molecule has 2 aliphatic rings. The lowest BCUT2D eigenvalue weighted by Gasteiger charge is -2.29. The molecular weight excluding hydrogens is 639 g/mol. The Morgan fingerprint density at radius 3 is 2.49 bits per heavy atom. The Kier molecular flexibility index (Phi) is 7.88. The molecule has 18 heteroatoms. The minimum absolute atomic E-state index is 0.00366. The minimum atomic E-state index is -5.13. The van der Waals surface area contributed by atoms with Crippen LogP contribution in [0.25, 0.3) is 22.2 Å². The van der Waals surface area contributed by atoms with Crippen LogP contribution in [0.1, 0.15) is 36.2 Å². The average Bonchev–Trinajstić information content (AvgIpc) is 3.14. The van der Waals surface area contributed by atoms with Crippen LogP contribution < -0.4 is 25.8 Å². The summed E-state index contributed by atoms with van der Waals surface area (Å²) < 4.78 is 114. The van der Waals surface area contributed by atoms with Crippen molar-refractivity contribution in [3.05, 3.63) is 46.9 Å². The van der Waals surface area contributed by atoms with E-state index in [9.17, 15) is 26.3 Å². The zero-order valence-electron chi connectivity index (χ0n) is 25.2. The molecule has 0 bridgehead atoms. The van der Waals surface area contributed by atoms with Crippen LogP contribution >= 0.6 is 0 Å². The second-order valence-electron chi connectivity index (χ2n) is 11.4. The van der Waals surface area contributed by atoms with E-state index in [4.69, 9.17) is 20.9 Å². The van der Waals surface area contributed by atoms with Crippen molar-refractivity contribution in [1.29, 1.82) is 0 Å². The predicted octanol–water partition coefficient (Wildman–Crippen LogP) is 4.93. The van der Waals surface area contributed by atoms with Gasteiger partial charge in [-0.15, -0.1) is 0 Å². The van der Waals surface area contributed by atoms with Gasteiger partial charge < -0.3 is 25.8 Å². The van der Waals surface area contributed by atoms with Crippen molar-refractivity contribution in [3.8, 4) is 23.1 Å². The number of benzene rings is 1. The minimum Gasteiger partial charge on any atom is -0.475 e. The molecule has 0 unspecified atom stereocenters. The van der Waals surface area contributed by atoms with Crippen LogP contribution in [-0.2, 0) is 6.18 Å². The lowest BCUT2D eigenvalue weighted by molar-refractivity contribution is -0.137.